The highest BCUT2D eigenvalue weighted by atomic mass is 16.5. The maximum atomic E-state index is 12.9. The van der Waals surface area contributed by atoms with Crippen LogP contribution in [0.2, 0.25) is 0 Å². The van der Waals surface area contributed by atoms with Gasteiger partial charge in [0.05, 0.1) is 17.8 Å². The van der Waals surface area contributed by atoms with Crippen molar-refractivity contribution >= 4 is 28.9 Å². The van der Waals surface area contributed by atoms with Gasteiger partial charge in [-0.05, 0) is 31.9 Å². The van der Waals surface area contributed by atoms with Gasteiger partial charge in [-0.2, -0.15) is 9.61 Å². The molecule has 10 heteroatoms. The Morgan fingerprint density at radius 1 is 1.45 bits per heavy atom. The smallest absolute Gasteiger partial charge is 0.271 e. The molecule has 29 heavy (non-hydrogen) atoms. The highest BCUT2D eigenvalue weighted by molar-refractivity contribution is 6.00. The zero-order chi connectivity index (χ0) is 20.6. The molecule has 0 aliphatic heterocycles. The molecule has 1 aliphatic carbocycles. The van der Waals surface area contributed by atoms with E-state index in [0.29, 0.717) is 28.5 Å². The Bertz CT molecular complexity index is 1120. The average Bonchev–Trinajstić information content (AvgIpc) is 3.15. The summed E-state index contributed by atoms with van der Waals surface area (Å²) in [6, 6.07) is 5.01. The molecule has 0 bridgehead atoms. The second-order valence-corrected chi connectivity index (χ2v) is 7.19. The van der Waals surface area contributed by atoms with Gasteiger partial charge in [0.25, 0.3) is 11.5 Å². The van der Waals surface area contributed by atoms with Crippen molar-refractivity contribution in [2.75, 3.05) is 24.8 Å². The monoisotopic (exact) mass is 397 g/mol. The van der Waals surface area contributed by atoms with Crippen molar-refractivity contribution in [1.82, 2.24) is 24.9 Å². The van der Waals surface area contributed by atoms with Gasteiger partial charge in [0.2, 0.25) is 0 Å². The van der Waals surface area contributed by atoms with E-state index >= 15 is 0 Å². The predicted molar refractivity (Wildman–Crippen MR) is 109 cm³/mol. The number of nitrogens with one attached hydrogen (secondary N) is 4. The first-order chi connectivity index (χ1) is 13.9. The standard InChI is InChI=1S/C19H23N7O3/c1-19(29-3)7-6-13(19)24-17(27)11-10-22-26-15(20-2)9-14(25-16(11)26)23-12-5-4-8-21-18(12)28/h4-5,8-10,13,20H,6-7H2,1-3H3,(H,21,28)(H,23,25)(H,24,27)/t13-,19-/m0/s1. The van der Waals surface area contributed by atoms with Gasteiger partial charge >= 0.3 is 0 Å². The lowest BCUT2D eigenvalue weighted by Gasteiger charge is -2.45. The number of ether oxygens (including phenoxy) is 1. The first kappa shape index (κ1) is 18.9. The number of nitrogens with zero attached hydrogens (tertiary/aromatic N) is 3. The van der Waals surface area contributed by atoms with Crippen LogP contribution >= 0.6 is 0 Å². The third kappa shape index (κ3) is 3.31. The highest BCUT2D eigenvalue weighted by Crippen LogP contribution is 2.35. The van der Waals surface area contributed by atoms with Gasteiger partial charge in [0, 0.05) is 26.4 Å². The summed E-state index contributed by atoms with van der Waals surface area (Å²) in [4.78, 5) is 32.0. The summed E-state index contributed by atoms with van der Waals surface area (Å²) in [5.74, 6) is 0.769. The van der Waals surface area contributed by atoms with Gasteiger partial charge < -0.3 is 25.7 Å². The molecule has 152 valence electrons. The Morgan fingerprint density at radius 2 is 2.28 bits per heavy atom. The molecular formula is C19H23N7O3. The maximum Gasteiger partial charge on any atom is 0.271 e. The molecule has 1 amide bonds. The minimum atomic E-state index is -0.358. The van der Waals surface area contributed by atoms with E-state index < -0.39 is 0 Å². The lowest BCUT2D eigenvalue weighted by Crippen LogP contribution is -2.59. The number of hydrogen-bond donors (Lipinski definition) is 4. The van der Waals surface area contributed by atoms with Crippen molar-refractivity contribution in [2.45, 2.75) is 31.4 Å². The van der Waals surface area contributed by atoms with Crippen LogP contribution in [0.4, 0.5) is 17.3 Å². The van der Waals surface area contributed by atoms with Crippen LogP contribution in [0.1, 0.15) is 30.1 Å². The number of aromatic amines is 1. The lowest BCUT2D eigenvalue weighted by molar-refractivity contribution is -0.0828. The third-order valence-electron chi connectivity index (χ3n) is 5.49. The lowest BCUT2D eigenvalue weighted by atomic mass is 9.76. The average molecular weight is 397 g/mol. The Labute approximate surface area is 166 Å². The quantitative estimate of drug-likeness (QED) is 0.497. The van der Waals surface area contributed by atoms with Crippen molar-refractivity contribution in [3.8, 4) is 0 Å². The summed E-state index contributed by atoms with van der Waals surface area (Å²) < 4.78 is 7.07. The molecule has 3 heterocycles. The maximum absolute atomic E-state index is 12.9. The van der Waals surface area contributed by atoms with Crippen LogP contribution in [0, 0.1) is 0 Å². The Hall–Kier alpha value is -3.40. The van der Waals surface area contributed by atoms with E-state index in [-0.39, 0.29) is 23.1 Å². The third-order valence-corrected chi connectivity index (χ3v) is 5.49. The molecule has 0 saturated heterocycles. The number of fused-ring (bicyclic) bond motifs is 1. The van der Waals surface area contributed by atoms with E-state index in [2.05, 4.69) is 31.0 Å². The van der Waals surface area contributed by atoms with Crippen LogP contribution < -0.4 is 21.5 Å². The number of carbonyl (C=O) groups is 1. The van der Waals surface area contributed by atoms with Crippen LogP contribution in [-0.2, 0) is 4.74 Å². The molecule has 0 spiro atoms. The van der Waals surface area contributed by atoms with Gasteiger partial charge in [-0.15, -0.1) is 0 Å². The van der Waals surface area contributed by atoms with Crippen molar-refractivity contribution in [1.29, 1.82) is 0 Å². The topological polar surface area (TPSA) is 125 Å². The summed E-state index contributed by atoms with van der Waals surface area (Å²) in [6.45, 7) is 1.98. The largest absolute Gasteiger partial charge is 0.376 e. The zero-order valence-corrected chi connectivity index (χ0v) is 16.4. The van der Waals surface area contributed by atoms with Crippen molar-refractivity contribution < 1.29 is 9.53 Å². The Morgan fingerprint density at radius 3 is 2.93 bits per heavy atom. The first-order valence-corrected chi connectivity index (χ1v) is 9.32. The molecule has 10 nitrogen and oxygen atoms in total. The molecule has 1 saturated carbocycles. The number of pyridine rings is 1. The number of amides is 1. The fourth-order valence-corrected chi connectivity index (χ4v) is 3.42. The van der Waals surface area contributed by atoms with Crippen molar-refractivity contribution in [2.24, 2.45) is 0 Å². The van der Waals surface area contributed by atoms with Crippen LogP contribution in [0.5, 0.6) is 0 Å². The van der Waals surface area contributed by atoms with E-state index in [1.165, 1.54) is 6.20 Å². The summed E-state index contributed by atoms with van der Waals surface area (Å²) in [6.07, 6.45) is 4.79. The Kier molecular flexibility index (Phi) is 4.71. The van der Waals surface area contributed by atoms with Crippen molar-refractivity contribution in [3.05, 3.63) is 46.5 Å². The van der Waals surface area contributed by atoms with Crippen LogP contribution in [0.25, 0.3) is 5.65 Å². The fourth-order valence-electron chi connectivity index (χ4n) is 3.42. The van der Waals surface area contributed by atoms with E-state index in [0.717, 1.165) is 12.8 Å². The van der Waals surface area contributed by atoms with Crippen LogP contribution in [0.15, 0.2) is 35.4 Å². The number of methoxy groups -OCH3 is 1. The number of anilines is 3. The summed E-state index contributed by atoms with van der Waals surface area (Å²) in [5.41, 5.74) is 0.446. The molecule has 3 aromatic rings. The van der Waals surface area contributed by atoms with E-state index in [1.807, 2.05) is 6.92 Å². The number of hydrogen-bond acceptors (Lipinski definition) is 7. The molecule has 0 radical (unpaired) electrons. The van der Waals surface area contributed by atoms with Gasteiger partial charge in [0.1, 0.15) is 22.9 Å². The van der Waals surface area contributed by atoms with Gasteiger partial charge in [-0.1, -0.05) is 0 Å². The first-order valence-electron chi connectivity index (χ1n) is 9.32. The number of carbonyl (C=O) groups excluding carboxylic acids is 1. The number of H-pyrrole nitrogens is 1. The second-order valence-electron chi connectivity index (χ2n) is 7.19. The number of aromatic nitrogens is 4. The predicted octanol–water partition coefficient (Wildman–Crippen LogP) is 1.50. The fraction of sp³-hybridized carbons (Fsp3) is 0.368. The molecule has 2 atom stereocenters. The minimum absolute atomic E-state index is 0.0668. The van der Waals surface area contributed by atoms with E-state index in [9.17, 15) is 9.59 Å². The minimum Gasteiger partial charge on any atom is -0.376 e. The second kappa shape index (κ2) is 7.21. The summed E-state index contributed by atoms with van der Waals surface area (Å²) in [5, 5.41) is 13.3. The molecule has 4 N–H and O–H groups in total. The normalized spacial score (nSPS) is 20.9. The molecule has 1 aliphatic rings. The molecule has 0 aromatic carbocycles. The highest BCUT2D eigenvalue weighted by Gasteiger charge is 2.44. The molecule has 0 unspecified atom stereocenters. The Balaban J connectivity index is 1.68. The van der Waals surface area contributed by atoms with Crippen LogP contribution in [0.3, 0.4) is 0 Å². The van der Waals surface area contributed by atoms with Crippen molar-refractivity contribution in [3.63, 3.8) is 0 Å². The molecular weight excluding hydrogens is 374 g/mol. The summed E-state index contributed by atoms with van der Waals surface area (Å²) >= 11 is 0. The van der Waals surface area contributed by atoms with Gasteiger partial charge in [0.15, 0.2) is 5.65 Å². The van der Waals surface area contributed by atoms with Crippen LogP contribution in [-0.4, -0.2) is 51.3 Å². The van der Waals surface area contributed by atoms with Gasteiger partial charge in [-0.25, -0.2) is 4.98 Å². The van der Waals surface area contributed by atoms with E-state index in [1.54, 1.807) is 43.1 Å². The SMILES string of the molecule is CNc1cc(Nc2ccc[nH]c2=O)nc2c(C(=O)N[C@H]3CC[C@]3(C)OC)cnn12. The molecule has 4 rings (SSSR count). The molecule has 1 fully saturated rings. The summed E-state index contributed by atoms with van der Waals surface area (Å²) in [7, 11) is 3.39. The van der Waals surface area contributed by atoms with Gasteiger partial charge in [-0.3, -0.25) is 9.59 Å². The zero-order valence-electron chi connectivity index (χ0n) is 16.4. The van der Waals surface area contributed by atoms with E-state index in [4.69, 9.17) is 4.74 Å². The molecule has 3 aromatic heterocycles. The number of rotatable bonds is 6.